The molecule has 0 atom stereocenters. The Labute approximate surface area is 280 Å². The predicted molar refractivity (Wildman–Crippen MR) is 170 cm³/mol. The molecule has 0 fully saturated rings. The topological polar surface area (TPSA) is 42.3 Å². The first-order valence-corrected chi connectivity index (χ1v) is 16.1. The largest absolute Gasteiger partial charge is 4.00 e. The first-order valence-electron chi connectivity index (χ1n) is 13.7. The van der Waals surface area contributed by atoms with Crippen LogP contribution in [0, 0.1) is 0 Å². The molecule has 0 saturated heterocycles. The normalized spacial score (nSPS) is 13.0. The molecule has 0 unspecified atom stereocenters. The van der Waals surface area contributed by atoms with Gasteiger partial charge >= 0.3 is 78.0 Å². The molecule has 0 aliphatic heterocycles. The zero-order chi connectivity index (χ0) is 34.4. The fraction of sp³-hybridized carbons (Fsp3) is 0.839. The molecule has 11 heteroatoms. The van der Waals surface area contributed by atoms with Gasteiger partial charge in [0.05, 0.1) is 0 Å². The summed E-state index contributed by atoms with van der Waals surface area (Å²) < 4.78 is 65.4. The molecule has 1 rings (SSSR count). The summed E-state index contributed by atoms with van der Waals surface area (Å²) in [4.78, 5) is 0. The average molecular weight is 753 g/mol. The Morgan fingerprint density at radius 3 is 0.595 bits per heavy atom. The molecule has 0 amide bonds. The van der Waals surface area contributed by atoms with Gasteiger partial charge in [-0.3, -0.25) is 0 Å². The second kappa shape index (κ2) is 20.4. The van der Waals surface area contributed by atoms with Gasteiger partial charge in [-0.15, -0.1) is 33.2 Å². The molecule has 0 aliphatic carbocycles. The Morgan fingerprint density at radius 2 is 0.571 bits per heavy atom. The summed E-state index contributed by atoms with van der Waals surface area (Å²) in [5, 5.41) is 3.66. The van der Waals surface area contributed by atoms with Gasteiger partial charge in [0.15, 0.2) is 0 Å². The van der Waals surface area contributed by atoms with E-state index in [4.69, 9.17) is 0 Å². The fourth-order valence-corrected chi connectivity index (χ4v) is 4.30. The molecule has 0 N–H and O–H groups in total. The van der Waals surface area contributed by atoms with Crippen LogP contribution in [0.5, 0.6) is 0 Å². The third-order valence-electron chi connectivity index (χ3n) is 2.90. The van der Waals surface area contributed by atoms with Crippen LogP contribution in [0.2, 0.25) is 0 Å². The summed E-state index contributed by atoms with van der Waals surface area (Å²) in [5.41, 5.74) is 0.656. The molecule has 0 saturated carbocycles. The van der Waals surface area contributed by atoms with Crippen LogP contribution in [0.25, 0.3) is 16.0 Å². The van der Waals surface area contributed by atoms with Crippen LogP contribution in [-0.2, 0) is 26.2 Å². The maximum absolute atomic E-state index is 10.9. The van der Waals surface area contributed by atoms with Crippen molar-refractivity contribution in [2.45, 2.75) is 168 Å². The first kappa shape index (κ1) is 51.8. The van der Waals surface area contributed by atoms with E-state index < -0.39 is 25.4 Å². The van der Waals surface area contributed by atoms with E-state index in [9.17, 15) is 26.3 Å². The Bertz CT molecular complexity index is 568. The molecule has 0 aromatic heterocycles. The van der Waals surface area contributed by atoms with Gasteiger partial charge < -0.3 is 16.0 Å². The molecular weight excluding hydrogens is 692 g/mol. The third-order valence-corrected chi connectivity index (χ3v) is 4.27. The van der Waals surface area contributed by atoms with Gasteiger partial charge in [0, 0.05) is 0 Å². The van der Waals surface area contributed by atoms with E-state index in [0.29, 0.717) is 0 Å². The molecule has 0 heterocycles. The number of halogens is 6. The van der Waals surface area contributed by atoms with Crippen LogP contribution in [-0.4, -0.2) is 58.7 Å². The van der Waals surface area contributed by atoms with Crippen LogP contribution in [0.15, 0.2) is 30.3 Å². The van der Waals surface area contributed by atoms with Crippen molar-refractivity contribution < 1.29 is 52.5 Å². The second-order valence-corrected chi connectivity index (χ2v) is 18.9. The predicted octanol–water partition coefficient (Wildman–Crippen LogP) is 11.7. The Kier molecular flexibility index (Phi) is 25.1. The van der Waals surface area contributed by atoms with E-state index in [1.807, 2.05) is 30.3 Å². The number of hydrogen-bond acceptors (Lipinski definition) is 0. The molecule has 3 nitrogen and oxygen atoms in total. The molecule has 0 spiro atoms. The Balaban J connectivity index is -0.000000136. The maximum Gasteiger partial charge on any atom is 4.00 e. The summed E-state index contributed by atoms with van der Waals surface area (Å²) in [6.07, 6.45) is 0. The zero-order valence-corrected chi connectivity index (χ0v) is 34.5. The minimum atomic E-state index is -4.98. The smallest absolute Gasteiger partial charge is 0.214 e. The Morgan fingerprint density at radius 1 is 0.405 bits per heavy atom. The number of rotatable bonds is 0. The van der Waals surface area contributed by atoms with Crippen molar-refractivity contribution >= 4 is 15.4 Å². The Hall–Kier alpha value is 0.236. The van der Waals surface area contributed by atoms with Crippen LogP contribution in [0.3, 0.4) is 0 Å². The van der Waals surface area contributed by atoms with Gasteiger partial charge in [-0.1, -0.05) is 125 Å². The molecule has 0 bridgehead atoms. The fourth-order valence-electron chi connectivity index (χ4n) is 3.53. The van der Waals surface area contributed by atoms with Gasteiger partial charge in [-0.25, -0.2) is 12.1 Å². The SMILES string of the molecule is CC(C)(C)[N-]C(C)(C)C.CC(C)(C)[N-]C(C)(C)C.CC(C)(C)[N-]C(C)(C)C.F[C](F)(F)[GeH][C](F)(F)F.[Zr+4].c1cc[cH-]c1. The molecule has 1 radical (unpaired) electrons. The zero-order valence-electron chi connectivity index (χ0n) is 29.6. The van der Waals surface area contributed by atoms with Crippen LogP contribution in [0.4, 0.5) is 26.3 Å². The van der Waals surface area contributed by atoms with E-state index in [1.54, 1.807) is 0 Å². The van der Waals surface area contributed by atoms with Gasteiger partial charge in [0.25, 0.3) is 0 Å². The molecule has 1 aromatic rings. The summed E-state index contributed by atoms with van der Waals surface area (Å²) in [6, 6.07) is 10.0. The third kappa shape index (κ3) is 72.5. The van der Waals surface area contributed by atoms with E-state index >= 15 is 0 Å². The number of alkyl halides is 6. The van der Waals surface area contributed by atoms with Crippen molar-refractivity contribution in [3.8, 4) is 0 Å². The van der Waals surface area contributed by atoms with Gasteiger partial charge in [0.2, 0.25) is 0 Å². The van der Waals surface area contributed by atoms with Crippen molar-refractivity contribution in [1.29, 1.82) is 0 Å². The monoisotopic (exact) mass is 752 g/mol. The molecule has 0 aliphatic rings. The van der Waals surface area contributed by atoms with Crippen molar-refractivity contribution in [1.82, 2.24) is 0 Å². The summed E-state index contributed by atoms with van der Waals surface area (Å²) in [5.74, 6) is 0. The maximum atomic E-state index is 10.9. The minimum Gasteiger partial charge on any atom is -0.214 e. The van der Waals surface area contributed by atoms with Crippen molar-refractivity contribution in [2.24, 2.45) is 0 Å². The minimum absolute atomic E-state index is 0. The summed E-state index contributed by atoms with van der Waals surface area (Å²) >= 11 is -4.06. The average Bonchev–Trinajstić information content (AvgIpc) is 2.99. The number of hydrogen-bond donors (Lipinski definition) is 0. The standard InChI is InChI=1S/3C8H18N.C5H5.C2HF6Ge.Zr/c3*1-7(2,3)9-8(4,5)6;1-2-4-5-3-1;3-1(4,5)9-2(6,7)8;/h3*1-6H3;1-5H;9H;/q4*-1;;+4. The number of nitrogens with zero attached hydrogens (tertiary/aromatic N) is 3. The van der Waals surface area contributed by atoms with Crippen LogP contribution < -0.4 is 0 Å². The van der Waals surface area contributed by atoms with Crippen LogP contribution in [0.1, 0.15) is 125 Å². The molecule has 249 valence electrons. The van der Waals surface area contributed by atoms with Gasteiger partial charge in [-0.05, 0) is 0 Å². The van der Waals surface area contributed by atoms with E-state index in [-0.39, 0.29) is 59.4 Å². The molecular formula is C31H60F6GeN3Zr. The van der Waals surface area contributed by atoms with Crippen molar-refractivity contribution in [3.63, 3.8) is 0 Å². The van der Waals surface area contributed by atoms with Crippen molar-refractivity contribution in [3.05, 3.63) is 46.3 Å². The molecule has 42 heavy (non-hydrogen) atoms. The van der Waals surface area contributed by atoms with Gasteiger partial charge in [-0.2, -0.15) is 18.2 Å². The molecule has 1 aromatic carbocycles. The summed E-state index contributed by atoms with van der Waals surface area (Å²) in [7, 11) is 0. The van der Waals surface area contributed by atoms with Crippen molar-refractivity contribution in [2.75, 3.05) is 0 Å². The van der Waals surface area contributed by atoms with Crippen LogP contribution >= 0.6 is 0 Å². The van der Waals surface area contributed by atoms with E-state index in [0.717, 1.165) is 0 Å². The van der Waals surface area contributed by atoms with E-state index in [1.165, 1.54) is 0 Å². The quantitative estimate of drug-likeness (QED) is 0.144. The first-order chi connectivity index (χ1) is 17.3. The summed E-state index contributed by atoms with van der Waals surface area (Å²) in [6.45, 7) is 38.2. The van der Waals surface area contributed by atoms with E-state index in [2.05, 4.69) is 141 Å². The van der Waals surface area contributed by atoms with Gasteiger partial charge in [0.1, 0.15) is 0 Å². The second-order valence-electron chi connectivity index (χ2n) is 15.6.